The second-order valence-corrected chi connectivity index (χ2v) is 6.78. The number of hydrogen-bond acceptors (Lipinski definition) is 2. The third-order valence-electron chi connectivity index (χ3n) is 4.69. The fraction of sp³-hybridized carbons (Fsp3) is 0.350. The van der Waals surface area contributed by atoms with E-state index in [9.17, 15) is 13.6 Å². The van der Waals surface area contributed by atoms with Crippen molar-refractivity contribution in [2.24, 2.45) is 0 Å². The van der Waals surface area contributed by atoms with Gasteiger partial charge >= 0.3 is 6.03 Å². The zero-order valence-corrected chi connectivity index (χ0v) is 15.3. The molecule has 2 amide bonds. The van der Waals surface area contributed by atoms with Gasteiger partial charge in [0.25, 0.3) is 0 Å². The van der Waals surface area contributed by atoms with E-state index >= 15 is 0 Å². The summed E-state index contributed by atoms with van der Waals surface area (Å²) in [4.78, 5) is 16.3. The molecule has 26 heavy (non-hydrogen) atoms. The number of aryl methyl sites for hydroxylation is 3. The normalized spacial score (nSPS) is 14.5. The van der Waals surface area contributed by atoms with Crippen LogP contribution < -0.4 is 10.2 Å². The topological polar surface area (TPSA) is 35.6 Å². The molecule has 3 rings (SSSR count). The predicted molar refractivity (Wildman–Crippen MR) is 99.8 cm³/mol. The highest BCUT2D eigenvalue weighted by atomic mass is 19.1. The Morgan fingerprint density at radius 2 is 1.58 bits per heavy atom. The number of rotatable bonds is 2. The number of carbonyl (C=O) groups excluding carboxylic acids is 1. The van der Waals surface area contributed by atoms with Gasteiger partial charge in [-0.2, -0.15) is 0 Å². The van der Waals surface area contributed by atoms with Crippen molar-refractivity contribution in [3.63, 3.8) is 0 Å². The number of carbonyl (C=O) groups is 1. The molecule has 0 aromatic heterocycles. The minimum atomic E-state index is -0.775. The van der Waals surface area contributed by atoms with E-state index in [1.807, 2.05) is 0 Å². The van der Waals surface area contributed by atoms with Crippen molar-refractivity contribution in [1.82, 2.24) is 4.90 Å². The van der Waals surface area contributed by atoms with Gasteiger partial charge in [-0.1, -0.05) is 17.7 Å². The van der Waals surface area contributed by atoms with Crippen LogP contribution in [0.25, 0.3) is 0 Å². The van der Waals surface area contributed by atoms with E-state index in [0.717, 1.165) is 12.1 Å². The second-order valence-electron chi connectivity index (χ2n) is 6.78. The Bertz CT molecular complexity index is 807. The molecule has 138 valence electrons. The Morgan fingerprint density at radius 3 is 2.15 bits per heavy atom. The van der Waals surface area contributed by atoms with Gasteiger partial charge in [0, 0.05) is 37.9 Å². The van der Waals surface area contributed by atoms with Gasteiger partial charge in [-0.25, -0.2) is 13.6 Å². The van der Waals surface area contributed by atoms with Crippen LogP contribution in [0.1, 0.15) is 16.7 Å². The van der Waals surface area contributed by atoms with Crippen LogP contribution in [0.2, 0.25) is 0 Å². The second kappa shape index (κ2) is 7.32. The lowest BCUT2D eigenvalue weighted by Gasteiger charge is -2.37. The van der Waals surface area contributed by atoms with Gasteiger partial charge < -0.3 is 15.1 Å². The van der Waals surface area contributed by atoms with E-state index in [2.05, 4.69) is 43.1 Å². The Morgan fingerprint density at radius 1 is 0.962 bits per heavy atom. The Balaban J connectivity index is 1.64. The number of amides is 2. The van der Waals surface area contributed by atoms with Gasteiger partial charge in [0.05, 0.1) is 5.69 Å². The number of benzene rings is 2. The van der Waals surface area contributed by atoms with E-state index in [-0.39, 0.29) is 11.7 Å². The molecule has 0 radical (unpaired) electrons. The first-order chi connectivity index (χ1) is 12.3. The zero-order chi connectivity index (χ0) is 18.8. The highest BCUT2D eigenvalue weighted by molar-refractivity contribution is 5.89. The number of nitrogens with zero attached hydrogens (tertiary/aromatic N) is 2. The van der Waals surface area contributed by atoms with E-state index < -0.39 is 11.6 Å². The maximum absolute atomic E-state index is 13.7. The van der Waals surface area contributed by atoms with Crippen LogP contribution in [0.5, 0.6) is 0 Å². The molecule has 1 aliphatic heterocycles. The van der Waals surface area contributed by atoms with Crippen LogP contribution >= 0.6 is 0 Å². The van der Waals surface area contributed by atoms with Crippen molar-refractivity contribution in [2.75, 3.05) is 36.4 Å². The van der Waals surface area contributed by atoms with Crippen molar-refractivity contribution in [1.29, 1.82) is 0 Å². The standard InChI is InChI=1S/C20H23F2N3O/c1-13-10-14(2)19(15(3)11-13)24-6-8-25(9-7-24)20(26)23-18-5-4-16(21)12-17(18)22/h4-5,10-12H,6-9H2,1-3H3,(H,23,26). The van der Waals surface area contributed by atoms with E-state index in [4.69, 9.17) is 0 Å². The summed E-state index contributed by atoms with van der Waals surface area (Å²) in [5.41, 5.74) is 4.91. The number of halogens is 2. The van der Waals surface area contributed by atoms with Gasteiger partial charge in [0.1, 0.15) is 11.6 Å². The zero-order valence-electron chi connectivity index (χ0n) is 15.3. The summed E-state index contributed by atoms with van der Waals surface area (Å²) in [6.45, 7) is 8.80. The van der Waals surface area contributed by atoms with E-state index in [0.29, 0.717) is 26.2 Å². The number of urea groups is 1. The molecule has 1 fully saturated rings. The average Bonchev–Trinajstić information content (AvgIpc) is 2.57. The summed E-state index contributed by atoms with van der Waals surface area (Å²) in [7, 11) is 0. The summed E-state index contributed by atoms with van der Waals surface area (Å²) in [6.07, 6.45) is 0. The number of anilines is 2. The maximum atomic E-state index is 13.7. The molecule has 0 spiro atoms. The molecular formula is C20H23F2N3O. The van der Waals surface area contributed by atoms with Gasteiger partial charge in [0.2, 0.25) is 0 Å². The minimum absolute atomic E-state index is 0.0101. The molecule has 1 saturated heterocycles. The van der Waals surface area contributed by atoms with Crippen LogP contribution in [0.3, 0.4) is 0 Å². The molecule has 0 bridgehead atoms. The first kappa shape index (κ1) is 18.2. The Labute approximate surface area is 152 Å². The fourth-order valence-corrected chi connectivity index (χ4v) is 3.59. The number of piperazine rings is 1. The molecule has 0 atom stereocenters. The molecule has 2 aromatic carbocycles. The highest BCUT2D eigenvalue weighted by Crippen LogP contribution is 2.27. The van der Waals surface area contributed by atoms with Crippen LogP contribution in [0, 0.1) is 32.4 Å². The number of nitrogens with one attached hydrogen (secondary N) is 1. The Kier molecular flexibility index (Phi) is 5.11. The SMILES string of the molecule is Cc1cc(C)c(N2CCN(C(=O)Nc3ccc(F)cc3F)CC2)c(C)c1. The first-order valence-electron chi connectivity index (χ1n) is 8.69. The van der Waals surface area contributed by atoms with Gasteiger partial charge in [-0.15, -0.1) is 0 Å². The van der Waals surface area contributed by atoms with Crippen LogP contribution in [-0.2, 0) is 0 Å². The third-order valence-corrected chi connectivity index (χ3v) is 4.69. The number of hydrogen-bond donors (Lipinski definition) is 1. The molecule has 6 heteroatoms. The summed E-state index contributed by atoms with van der Waals surface area (Å²) in [5, 5.41) is 2.52. The van der Waals surface area contributed by atoms with E-state index in [1.165, 1.54) is 28.4 Å². The molecule has 0 saturated carbocycles. The van der Waals surface area contributed by atoms with Gasteiger partial charge in [-0.3, -0.25) is 0 Å². The third kappa shape index (κ3) is 3.79. The maximum Gasteiger partial charge on any atom is 0.322 e. The van der Waals surface area contributed by atoms with Gasteiger partial charge in [-0.05, 0) is 44.0 Å². The van der Waals surface area contributed by atoms with Crippen LogP contribution in [0.4, 0.5) is 25.0 Å². The molecular weight excluding hydrogens is 336 g/mol. The summed E-state index contributed by atoms with van der Waals surface area (Å²) >= 11 is 0. The quantitative estimate of drug-likeness (QED) is 0.870. The first-order valence-corrected chi connectivity index (χ1v) is 8.69. The van der Waals surface area contributed by atoms with Gasteiger partial charge in [0.15, 0.2) is 0 Å². The molecule has 1 N–H and O–H groups in total. The molecule has 0 unspecified atom stereocenters. The van der Waals surface area contributed by atoms with Crippen molar-refractivity contribution in [2.45, 2.75) is 20.8 Å². The van der Waals surface area contributed by atoms with Crippen molar-refractivity contribution >= 4 is 17.4 Å². The monoisotopic (exact) mass is 359 g/mol. The van der Waals surface area contributed by atoms with Crippen molar-refractivity contribution < 1.29 is 13.6 Å². The predicted octanol–water partition coefficient (Wildman–Crippen LogP) is 4.24. The van der Waals surface area contributed by atoms with Crippen molar-refractivity contribution in [3.05, 3.63) is 58.7 Å². The highest BCUT2D eigenvalue weighted by Gasteiger charge is 2.23. The lowest BCUT2D eigenvalue weighted by atomic mass is 10.0. The van der Waals surface area contributed by atoms with Crippen molar-refractivity contribution in [3.8, 4) is 0 Å². The summed E-state index contributed by atoms with van der Waals surface area (Å²) in [5.74, 6) is -1.44. The van der Waals surface area contributed by atoms with E-state index in [1.54, 1.807) is 4.90 Å². The lowest BCUT2D eigenvalue weighted by Crippen LogP contribution is -2.50. The average molecular weight is 359 g/mol. The molecule has 4 nitrogen and oxygen atoms in total. The lowest BCUT2D eigenvalue weighted by molar-refractivity contribution is 0.208. The largest absolute Gasteiger partial charge is 0.368 e. The summed E-state index contributed by atoms with van der Waals surface area (Å²) < 4.78 is 26.7. The van der Waals surface area contributed by atoms with Crippen LogP contribution in [0.15, 0.2) is 30.3 Å². The molecule has 0 aliphatic carbocycles. The minimum Gasteiger partial charge on any atom is -0.368 e. The van der Waals surface area contributed by atoms with Crippen LogP contribution in [-0.4, -0.2) is 37.1 Å². The Hall–Kier alpha value is -2.63. The molecule has 1 aliphatic rings. The smallest absolute Gasteiger partial charge is 0.322 e. The molecule has 1 heterocycles. The molecule has 2 aromatic rings. The fourth-order valence-electron chi connectivity index (χ4n) is 3.59. The summed E-state index contributed by atoms with van der Waals surface area (Å²) in [6, 6.07) is 7.08.